The lowest BCUT2D eigenvalue weighted by atomic mass is 10.2. The van der Waals surface area contributed by atoms with E-state index < -0.39 is 0 Å². The van der Waals surface area contributed by atoms with E-state index in [1.807, 2.05) is 6.92 Å². The first-order valence-corrected chi connectivity index (χ1v) is 4.26. The number of carbonyl (C=O) groups excluding carboxylic acids is 1. The van der Waals surface area contributed by atoms with Gasteiger partial charge >= 0.3 is 0 Å². The van der Waals surface area contributed by atoms with Crippen LogP contribution in [0, 0.1) is 0 Å². The molecule has 2 atom stereocenters. The standard InChI is InChI=1S/C8H16N2O/c1-2-8(9)10-5-3-4-7(10)6-11/h6-8H,2-5,9H2,1H3/t7-,8?/m1/s1. The highest BCUT2D eigenvalue weighted by Crippen LogP contribution is 2.17. The molecule has 0 radical (unpaired) electrons. The van der Waals surface area contributed by atoms with E-state index in [-0.39, 0.29) is 12.2 Å². The number of rotatable bonds is 3. The number of hydrogen-bond donors (Lipinski definition) is 1. The lowest BCUT2D eigenvalue weighted by Gasteiger charge is -2.25. The predicted octanol–water partition coefficient (Wildman–Crippen LogP) is 0.344. The van der Waals surface area contributed by atoms with Crippen molar-refractivity contribution in [3.05, 3.63) is 0 Å². The zero-order chi connectivity index (χ0) is 8.27. The second-order valence-corrected chi connectivity index (χ2v) is 3.06. The van der Waals surface area contributed by atoms with Gasteiger partial charge in [0.25, 0.3) is 0 Å². The van der Waals surface area contributed by atoms with Gasteiger partial charge in [0.05, 0.1) is 12.2 Å². The molecule has 0 aliphatic carbocycles. The van der Waals surface area contributed by atoms with Gasteiger partial charge in [-0.15, -0.1) is 0 Å². The number of aldehydes is 1. The average molecular weight is 156 g/mol. The largest absolute Gasteiger partial charge is 0.316 e. The van der Waals surface area contributed by atoms with Crippen LogP contribution in [-0.4, -0.2) is 29.9 Å². The van der Waals surface area contributed by atoms with E-state index in [1.54, 1.807) is 0 Å². The fourth-order valence-electron chi connectivity index (χ4n) is 1.61. The molecule has 1 fully saturated rings. The zero-order valence-electron chi connectivity index (χ0n) is 6.99. The maximum atomic E-state index is 10.5. The van der Waals surface area contributed by atoms with Gasteiger partial charge in [-0.3, -0.25) is 4.90 Å². The maximum absolute atomic E-state index is 10.5. The second kappa shape index (κ2) is 3.83. The molecule has 1 unspecified atom stereocenters. The van der Waals surface area contributed by atoms with Crippen molar-refractivity contribution < 1.29 is 4.79 Å². The Balaban J connectivity index is 2.48. The lowest BCUT2D eigenvalue weighted by molar-refractivity contribution is -0.112. The Labute approximate surface area is 67.5 Å². The molecule has 0 aromatic rings. The van der Waals surface area contributed by atoms with Gasteiger partial charge in [0.2, 0.25) is 0 Å². The summed E-state index contributed by atoms with van der Waals surface area (Å²) in [4.78, 5) is 12.6. The molecule has 1 rings (SSSR count). The van der Waals surface area contributed by atoms with Crippen LogP contribution < -0.4 is 5.73 Å². The molecule has 64 valence electrons. The Hall–Kier alpha value is -0.410. The first kappa shape index (κ1) is 8.68. The van der Waals surface area contributed by atoms with Crippen molar-refractivity contribution in [2.45, 2.75) is 38.4 Å². The summed E-state index contributed by atoms with van der Waals surface area (Å²) < 4.78 is 0. The van der Waals surface area contributed by atoms with Crippen LogP contribution in [0.25, 0.3) is 0 Å². The first-order chi connectivity index (χ1) is 5.29. The van der Waals surface area contributed by atoms with Gasteiger partial charge in [-0.2, -0.15) is 0 Å². The highest BCUT2D eigenvalue weighted by Gasteiger charge is 2.26. The van der Waals surface area contributed by atoms with E-state index in [9.17, 15) is 4.79 Å². The lowest BCUT2D eigenvalue weighted by Crippen LogP contribution is -2.44. The molecule has 2 N–H and O–H groups in total. The minimum Gasteiger partial charge on any atom is -0.316 e. The Kier molecular flexibility index (Phi) is 3.02. The summed E-state index contributed by atoms with van der Waals surface area (Å²) in [6.07, 6.45) is 4.11. The fourth-order valence-corrected chi connectivity index (χ4v) is 1.61. The molecule has 0 aromatic carbocycles. The molecule has 11 heavy (non-hydrogen) atoms. The van der Waals surface area contributed by atoms with E-state index in [2.05, 4.69) is 4.90 Å². The van der Waals surface area contributed by atoms with Crippen LogP contribution in [-0.2, 0) is 4.79 Å². The molecule has 3 heteroatoms. The van der Waals surface area contributed by atoms with Gasteiger partial charge in [-0.05, 0) is 19.3 Å². The molecule has 0 bridgehead atoms. The number of carbonyl (C=O) groups is 1. The van der Waals surface area contributed by atoms with Crippen molar-refractivity contribution in [3.8, 4) is 0 Å². The van der Waals surface area contributed by atoms with Gasteiger partial charge in [-0.25, -0.2) is 0 Å². The summed E-state index contributed by atoms with van der Waals surface area (Å²) in [5.41, 5.74) is 5.81. The molecule has 0 saturated carbocycles. The predicted molar refractivity (Wildman–Crippen MR) is 44.1 cm³/mol. The monoisotopic (exact) mass is 156 g/mol. The number of likely N-dealkylation sites (tertiary alicyclic amines) is 1. The van der Waals surface area contributed by atoms with Gasteiger partial charge < -0.3 is 10.5 Å². The van der Waals surface area contributed by atoms with E-state index >= 15 is 0 Å². The molecule has 0 aromatic heterocycles. The fraction of sp³-hybridized carbons (Fsp3) is 0.875. The first-order valence-electron chi connectivity index (χ1n) is 4.26. The summed E-state index contributed by atoms with van der Waals surface area (Å²) in [6, 6.07) is 0.0879. The van der Waals surface area contributed by atoms with Crippen LogP contribution in [0.2, 0.25) is 0 Å². The molecule has 0 spiro atoms. The Morgan fingerprint density at radius 2 is 2.55 bits per heavy atom. The number of nitrogens with zero attached hydrogens (tertiary/aromatic N) is 1. The normalized spacial score (nSPS) is 28.7. The minimum absolute atomic E-state index is 0.0766. The van der Waals surface area contributed by atoms with Crippen molar-refractivity contribution in [2.24, 2.45) is 5.73 Å². The van der Waals surface area contributed by atoms with Gasteiger partial charge in [0, 0.05) is 6.54 Å². The summed E-state index contributed by atoms with van der Waals surface area (Å²) in [6.45, 7) is 3.03. The molecule has 1 aliphatic heterocycles. The average Bonchev–Trinajstić information content (AvgIpc) is 2.50. The van der Waals surface area contributed by atoms with Crippen LogP contribution in [0.4, 0.5) is 0 Å². The maximum Gasteiger partial charge on any atom is 0.137 e. The van der Waals surface area contributed by atoms with Crippen LogP contribution in [0.15, 0.2) is 0 Å². The zero-order valence-corrected chi connectivity index (χ0v) is 6.99. The molecule has 3 nitrogen and oxygen atoms in total. The third kappa shape index (κ3) is 1.79. The van der Waals surface area contributed by atoms with E-state index in [4.69, 9.17) is 5.73 Å². The third-order valence-corrected chi connectivity index (χ3v) is 2.34. The summed E-state index contributed by atoms with van der Waals surface area (Å²) in [5, 5.41) is 0. The summed E-state index contributed by atoms with van der Waals surface area (Å²) >= 11 is 0. The Morgan fingerprint density at radius 3 is 3.09 bits per heavy atom. The summed E-state index contributed by atoms with van der Waals surface area (Å²) in [7, 11) is 0. The van der Waals surface area contributed by atoms with Crippen LogP contribution >= 0.6 is 0 Å². The Morgan fingerprint density at radius 1 is 1.82 bits per heavy atom. The second-order valence-electron chi connectivity index (χ2n) is 3.06. The molecule has 1 aliphatic rings. The van der Waals surface area contributed by atoms with Crippen molar-refractivity contribution in [2.75, 3.05) is 6.54 Å². The topological polar surface area (TPSA) is 46.3 Å². The SMILES string of the molecule is CCC(N)N1CCC[C@@H]1C=O. The van der Waals surface area contributed by atoms with Gasteiger partial charge in [0.15, 0.2) is 0 Å². The third-order valence-electron chi connectivity index (χ3n) is 2.34. The molecular formula is C8H16N2O. The van der Waals surface area contributed by atoms with Gasteiger partial charge in [-0.1, -0.05) is 6.92 Å². The minimum atomic E-state index is 0.0766. The van der Waals surface area contributed by atoms with Crippen LogP contribution in [0.3, 0.4) is 0 Å². The highest BCUT2D eigenvalue weighted by atomic mass is 16.1. The smallest absolute Gasteiger partial charge is 0.137 e. The van der Waals surface area contributed by atoms with Gasteiger partial charge in [0.1, 0.15) is 6.29 Å². The van der Waals surface area contributed by atoms with Crippen molar-refractivity contribution in [1.82, 2.24) is 4.90 Å². The summed E-state index contributed by atoms with van der Waals surface area (Å²) in [5.74, 6) is 0. The van der Waals surface area contributed by atoms with Crippen molar-refractivity contribution >= 4 is 6.29 Å². The van der Waals surface area contributed by atoms with Crippen molar-refractivity contribution in [1.29, 1.82) is 0 Å². The molecule has 1 saturated heterocycles. The number of nitrogens with two attached hydrogens (primary N) is 1. The Bertz CT molecular complexity index is 138. The van der Waals surface area contributed by atoms with Crippen LogP contribution in [0.5, 0.6) is 0 Å². The van der Waals surface area contributed by atoms with E-state index in [0.717, 1.165) is 32.1 Å². The number of hydrogen-bond acceptors (Lipinski definition) is 3. The molecule has 1 heterocycles. The van der Waals surface area contributed by atoms with Crippen molar-refractivity contribution in [3.63, 3.8) is 0 Å². The van der Waals surface area contributed by atoms with E-state index in [0.29, 0.717) is 0 Å². The van der Waals surface area contributed by atoms with E-state index in [1.165, 1.54) is 0 Å². The quantitative estimate of drug-likeness (QED) is 0.599. The molecule has 0 amide bonds. The van der Waals surface area contributed by atoms with Crippen LogP contribution in [0.1, 0.15) is 26.2 Å². The highest BCUT2D eigenvalue weighted by molar-refractivity contribution is 5.58. The molecular weight excluding hydrogens is 140 g/mol.